The quantitative estimate of drug-likeness (QED) is 0.838. The van der Waals surface area contributed by atoms with Gasteiger partial charge in [-0.25, -0.2) is 4.68 Å². The summed E-state index contributed by atoms with van der Waals surface area (Å²) in [6.45, 7) is 0.0830. The summed E-state index contributed by atoms with van der Waals surface area (Å²) in [5.41, 5.74) is 7.23. The Balaban J connectivity index is 1.95. The van der Waals surface area contributed by atoms with E-state index >= 15 is 0 Å². The van der Waals surface area contributed by atoms with Gasteiger partial charge < -0.3 is 16.0 Å². The van der Waals surface area contributed by atoms with Gasteiger partial charge in [0.05, 0.1) is 6.20 Å². The molecule has 0 aliphatic heterocycles. The van der Waals surface area contributed by atoms with Crippen LogP contribution in [0.4, 0.5) is 17.2 Å². The minimum Gasteiger partial charge on any atom is -0.381 e. The number of nitrogen functional groups attached to an aromatic ring is 1. The van der Waals surface area contributed by atoms with E-state index in [2.05, 4.69) is 15.6 Å². The molecule has 19 heavy (non-hydrogen) atoms. The summed E-state index contributed by atoms with van der Waals surface area (Å²) in [5.74, 6) is 0.116. The van der Waals surface area contributed by atoms with Crippen LogP contribution in [0.1, 0.15) is 0 Å². The van der Waals surface area contributed by atoms with Gasteiger partial charge in [0.25, 0.3) is 0 Å². The lowest BCUT2D eigenvalue weighted by molar-refractivity contribution is -0.116. The number of amides is 1. The molecule has 0 spiro atoms. The molecule has 0 fully saturated rings. The van der Waals surface area contributed by atoms with Crippen molar-refractivity contribution in [2.75, 3.05) is 30.0 Å². The monoisotopic (exact) mass is 260 g/mol. The molecular weight excluding hydrogens is 244 g/mol. The predicted molar refractivity (Wildman–Crippen MR) is 73.8 cm³/mol. The lowest BCUT2D eigenvalue weighted by Gasteiger charge is -2.13. The van der Waals surface area contributed by atoms with E-state index in [4.69, 9.17) is 5.73 Å². The number of rotatable bonds is 4. The maximum absolute atomic E-state index is 11.8. The van der Waals surface area contributed by atoms with E-state index in [1.807, 2.05) is 43.3 Å². The third-order valence-corrected chi connectivity index (χ3v) is 2.53. The predicted octanol–water partition coefficient (Wildman–Crippen LogP) is 0.565. The van der Waals surface area contributed by atoms with Gasteiger partial charge in [-0.3, -0.25) is 4.79 Å². The molecule has 2 aromatic rings. The van der Waals surface area contributed by atoms with Gasteiger partial charge in [0.15, 0.2) is 5.82 Å². The number of hydrogen-bond acceptors (Lipinski definition) is 5. The first-order valence-corrected chi connectivity index (χ1v) is 5.77. The van der Waals surface area contributed by atoms with Crippen LogP contribution in [0.25, 0.3) is 0 Å². The highest BCUT2D eigenvalue weighted by atomic mass is 16.2. The van der Waals surface area contributed by atoms with Crippen LogP contribution in [-0.2, 0) is 11.3 Å². The second-order valence-electron chi connectivity index (χ2n) is 4.33. The average Bonchev–Trinajstić information content (AvgIpc) is 2.75. The highest BCUT2D eigenvalue weighted by molar-refractivity contribution is 5.90. The maximum Gasteiger partial charge on any atom is 0.246 e. The lowest BCUT2D eigenvalue weighted by atomic mass is 10.2. The van der Waals surface area contributed by atoms with Crippen LogP contribution in [0, 0.1) is 0 Å². The number of nitrogens with two attached hydrogens (primary N) is 1. The van der Waals surface area contributed by atoms with Gasteiger partial charge in [-0.05, 0) is 24.3 Å². The van der Waals surface area contributed by atoms with E-state index in [-0.39, 0.29) is 12.5 Å². The highest BCUT2D eigenvalue weighted by Gasteiger charge is 2.05. The van der Waals surface area contributed by atoms with Gasteiger partial charge in [-0.15, -0.1) is 5.10 Å². The van der Waals surface area contributed by atoms with Crippen molar-refractivity contribution < 1.29 is 4.79 Å². The third kappa shape index (κ3) is 3.44. The summed E-state index contributed by atoms with van der Waals surface area (Å²) >= 11 is 0. The molecule has 0 aliphatic carbocycles. The summed E-state index contributed by atoms with van der Waals surface area (Å²) < 4.78 is 1.39. The molecule has 0 saturated heterocycles. The summed E-state index contributed by atoms with van der Waals surface area (Å²) in [6.07, 6.45) is 1.51. The van der Waals surface area contributed by atoms with Gasteiger partial charge in [-0.2, -0.15) is 0 Å². The fourth-order valence-corrected chi connectivity index (χ4v) is 1.58. The van der Waals surface area contributed by atoms with Crippen molar-refractivity contribution in [3.63, 3.8) is 0 Å². The van der Waals surface area contributed by atoms with Crippen LogP contribution in [0.2, 0.25) is 0 Å². The largest absolute Gasteiger partial charge is 0.381 e. The molecule has 100 valence electrons. The fraction of sp³-hybridized carbons (Fsp3) is 0.250. The van der Waals surface area contributed by atoms with E-state index in [1.165, 1.54) is 10.9 Å². The van der Waals surface area contributed by atoms with E-state index in [0.717, 1.165) is 11.4 Å². The number of carbonyl (C=O) groups is 1. The van der Waals surface area contributed by atoms with Crippen molar-refractivity contribution in [3.8, 4) is 0 Å². The van der Waals surface area contributed by atoms with Gasteiger partial charge in [0.2, 0.25) is 5.91 Å². The van der Waals surface area contributed by atoms with Crippen LogP contribution in [-0.4, -0.2) is 35.0 Å². The molecule has 0 bridgehead atoms. The van der Waals surface area contributed by atoms with Crippen LogP contribution in [0.5, 0.6) is 0 Å². The minimum absolute atomic E-state index is 0.0830. The molecule has 7 heteroatoms. The van der Waals surface area contributed by atoms with Gasteiger partial charge in [0.1, 0.15) is 6.54 Å². The van der Waals surface area contributed by atoms with Gasteiger partial charge in [0, 0.05) is 25.5 Å². The number of nitrogens with zero attached hydrogens (tertiary/aromatic N) is 4. The topological polar surface area (TPSA) is 89.1 Å². The molecule has 1 aromatic carbocycles. The highest BCUT2D eigenvalue weighted by Crippen LogP contribution is 2.15. The first-order valence-electron chi connectivity index (χ1n) is 5.77. The molecule has 0 saturated carbocycles. The number of carbonyl (C=O) groups excluding carboxylic acids is 1. The molecule has 0 unspecified atom stereocenters. The molecule has 0 atom stereocenters. The minimum atomic E-state index is -0.178. The zero-order valence-electron chi connectivity index (χ0n) is 10.9. The Morgan fingerprint density at radius 3 is 2.58 bits per heavy atom. The van der Waals surface area contributed by atoms with Gasteiger partial charge in [-0.1, -0.05) is 5.21 Å². The smallest absolute Gasteiger partial charge is 0.246 e. The second-order valence-corrected chi connectivity index (χ2v) is 4.33. The molecular formula is C12H16N6O. The SMILES string of the molecule is CN(C)c1ccc(NC(=O)Cn2cc(N)nn2)cc1. The van der Waals surface area contributed by atoms with Crippen molar-refractivity contribution in [2.24, 2.45) is 0 Å². The number of anilines is 3. The number of benzene rings is 1. The van der Waals surface area contributed by atoms with Crippen LogP contribution in [0.3, 0.4) is 0 Å². The normalized spacial score (nSPS) is 10.2. The van der Waals surface area contributed by atoms with Crippen molar-refractivity contribution in [1.29, 1.82) is 0 Å². The van der Waals surface area contributed by atoms with E-state index < -0.39 is 0 Å². The van der Waals surface area contributed by atoms with Crippen molar-refractivity contribution in [3.05, 3.63) is 30.5 Å². The molecule has 7 nitrogen and oxygen atoms in total. The Labute approximate surface area is 111 Å². The summed E-state index contributed by atoms with van der Waals surface area (Å²) in [5, 5.41) is 10.1. The van der Waals surface area contributed by atoms with Crippen LogP contribution >= 0.6 is 0 Å². The third-order valence-electron chi connectivity index (χ3n) is 2.53. The Hall–Kier alpha value is -2.57. The van der Waals surface area contributed by atoms with E-state index in [1.54, 1.807) is 0 Å². The molecule has 1 heterocycles. The molecule has 1 amide bonds. The summed E-state index contributed by atoms with van der Waals surface area (Å²) in [7, 11) is 3.92. The molecule has 2 rings (SSSR count). The number of hydrogen-bond donors (Lipinski definition) is 2. The van der Waals surface area contributed by atoms with Crippen molar-refractivity contribution >= 4 is 23.1 Å². The maximum atomic E-state index is 11.8. The van der Waals surface area contributed by atoms with Crippen LogP contribution < -0.4 is 16.0 Å². The number of nitrogens with one attached hydrogen (secondary N) is 1. The van der Waals surface area contributed by atoms with E-state index in [9.17, 15) is 4.79 Å². The zero-order chi connectivity index (χ0) is 13.8. The second kappa shape index (κ2) is 5.38. The molecule has 0 aliphatic rings. The molecule has 0 radical (unpaired) electrons. The first kappa shape index (κ1) is 12.9. The Bertz CT molecular complexity index is 560. The first-order chi connectivity index (χ1) is 9.04. The van der Waals surface area contributed by atoms with Crippen molar-refractivity contribution in [1.82, 2.24) is 15.0 Å². The van der Waals surface area contributed by atoms with Crippen molar-refractivity contribution in [2.45, 2.75) is 6.54 Å². The zero-order valence-corrected chi connectivity index (χ0v) is 10.9. The van der Waals surface area contributed by atoms with Gasteiger partial charge >= 0.3 is 0 Å². The van der Waals surface area contributed by atoms with E-state index in [0.29, 0.717) is 5.82 Å². The fourth-order valence-electron chi connectivity index (χ4n) is 1.58. The summed E-state index contributed by atoms with van der Waals surface area (Å²) in [6, 6.07) is 7.57. The molecule has 3 N–H and O–H groups in total. The average molecular weight is 260 g/mol. The standard InChI is InChI=1S/C12H16N6O/c1-17(2)10-5-3-9(4-6-10)14-12(19)8-18-7-11(13)15-16-18/h3-7H,8,13H2,1-2H3,(H,14,19). The van der Waals surface area contributed by atoms with Crippen LogP contribution in [0.15, 0.2) is 30.5 Å². The lowest BCUT2D eigenvalue weighted by Crippen LogP contribution is -2.19. The Morgan fingerprint density at radius 2 is 2.05 bits per heavy atom. The Morgan fingerprint density at radius 1 is 1.37 bits per heavy atom. The Kier molecular flexibility index (Phi) is 3.65. The molecule has 1 aromatic heterocycles. The number of aromatic nitrogens is 3. The summed E-state index contributed by atoms with van der Waals surface area (Å²) in [4.78, 5) is 13.7.